The fourth-order valence-electron chi connectivity index (χ4n) is 6.92. The van der Waals surface area contributed by atoms with Crippen molar-refractivity contribution < 1.29 is 26.3 Å². The summed E-state index contributed by atoms with van der Waals surface area (Å²) in [4.78, 5) is 8.55. The highest BCUT2D eigenvalue weighted by atomic mass is 19.4. The summed E-state index contributed by atoms with van der Waals surface area (Å²) in [5, 5.41) is 2.37. The topological polar surface area (TPSA) is 30.7 Å². The quantitative estimate of drug-likeness (QED) is 0.172. The zero-order chi connectivity index (χ0) is 35.7. The normalized spacial score (nSPS) is 12.3. The summed E-state index contributed by atoms with van der Waals surface area (Å²) in [6.07, 6.45) is -5.79. The number of alkyl halides is 6. The van der Waals surface area contributed by atoms with Gasteiger partial charge in [0.25, 0.3) is 0 Å². The van der Waals surface area contributed by atoms with Crippen LogP contribution < -0.4 is 0 Å². The highest BCUT2D eigenvalue weighted by molar-refractivity contribution is 6.12. The van der Waals surface area contributed by atoms with Gasteiger partial charge >= 0.3 is 12.4 Å². The molecule has 3 nitrogen and oxygen atoms in total. The van der Waals surface area contributed by atoms with Gasteiger partial charge in [0.1, 0.15) is 6.33 Å². The lowest BCUT2D eigenvalue weighted by molar-refractivity contribution is -0.138. The molecule has 0 aliphatic heterocycles. The average Bonchev–Trinajstić information content (AvgIpc) is 3.43. The average molecular weight is 688 g/mol. The first-order valence-electron chi connectivity index (χ1n) is 16.1. The molecule has 0 saturated carbocycles. The van der Waals surface area contributed by atoms with Crippen LogP contribution in [0.5, 0.6) is 0 Å². The van der Waals surface area contributed by atoms with E-state index >= 15 is 0 Å². The van der Waals surface area contributed by atoms with Gasteiger partial charge in [0.2, 0.25) is 0 Å². The molecular weight excluding hydrogens is 660 g/mol. The third-order valence-corrected chi connectivity index (χ3v) is 9.20. The minimum atomic E-state index is -4.52. The van der Waals surface area contributed by atoms with Crippen molar-refractivity contribution in [3.8, 4) is 39.1 Å². The van der Waals surface area contributed by atoms with E-state index in [1.165, 1.54) is 6.33 Å². The molecule has 9 heteroatoms. The lowest BCUT2D eigenvalue weighted by Crippen LogP contribution is -2.05. The molecule has 0 saturated heterocycles. The van der Waals surface area contributed by atoms with E-state index in [-0.39, 0.29) is 0 Å². The van der Waals surface area contributed by atoms with Crippen LogP contribution in [0.3, 0.4) is 0 Å². The Hall–Kier alpha value is -5.96. The zero-order valence-corrected chi connectivity index (χ0v) is 27.2. The second-order valence-corrected chi connectivity index (χ2v) is 12.8. The summed E-state index contributed by atoms with van der Waals surface area (Å²) in [5.74, 6) is 0. The number of aryl methyl sites for hydroxylation is 2. The molecule has 0 radical (unpaired) electrons. The molecule has 0 amide bonds. The molecule has 0 N–H and O–H groups in total. The first-order chi connectivity index (χ1) is 24.3. The highest BCUT2D eigenvalue weighted by Crippen LogP contribution is 2.42. The van der Waals surface area contributed by atoms with Crippen LogP contribution in [0.4, 0.5) is 26.3 Å². The second kappa shape index (κ2) is 11.8. The Kier molecular flexibility index (Phi) is 7.48. The summed E-state index contributed by atoms with van der Waals surface area (Å²) >= 11 is 0. The van der Waals surface area contributed by atoms with Gasteiger partial charge in [-0.15, -0.1) is 0 Å². The molecule has 0 unspecified atom stereocenters. The van der Waals surface area contributed by atoms with Crippen molar-refractivity contribution in [2.45, 2.75) is 26.2 Å². The van der Waals surface area contributed by atoms with E-state index in [0.717, 1.165) is 73.8 Å². The van der Waals surface area contributed by atoms with Gasteiger partial charge in [-0.1, -0.05) is 54.6 Å². The molecule has 252 valence electrons. The van der Waals surface area contributed by atoms with Crippen molar-refractivity contribution in [3.05, 3.63) is 150 Å². The molecule has 6 aromatic carbocycles. The van der Waals surface area contributed by atoms with Crippen LogP contribution in [0.25, 0.3) is 71.8 Å². The van der Waals surface area contributed by atoms with Crippen LogP contribution in [0.1, 0.15) is 22.3 Å². The lowest BCUT2D eigenvalue weighted by atomic mass is 9.96. The van der Waals surface area contributed by atoms with E-state index in [4.69, 9.17) is 0 Å². The monoisotopic (exact) mass is 687 g/mol. The number of rotatable bonds is 4. The number of benzene rings is 6. The van der Waals surface area contributed by atoms with Crippen LogP contribution in [0.15, 0.2) is 128 Å². The van der Waals surface area contributed by atoms with Gasteiger partial charge in [0, 0.05) is 27.9 Å². The van der Waals surface area contributed by atoms with Crippen molar-refractivity contribution in [1.29, 1.82) is 0 Å². The Labute approximate surface area is 288 Å². The third kappa shape index (κ3) is 5.88. The van der Waals surface area contributed by atoms with Crippen molar-refractivity contribution in [3.63, 3.8) is 0 Å². The molecule has 0 aliphatic carbocycles. The van der Waals surface area contributed by atoms with E-state index in [1.54, 1.807) is 44.3 Å². The van der Waals surface area contributed by atoms with E-state index < -0.39 is 23.5 Å². The molecule has 2 aromatic heterocycles. The molecule has 0 fully saturated rings. The van der Waals surface area contributed by atoms with Gasteiger partial charge in [-0.3, -0.25) is 0 Å². The Bertz CT molecular complexity index is 2530. The number of para-hydroxylation sites is 1. The summed E-state index contributed by atoms with van der Waals surface area (Å²) in [7, 11) is 0. The minimum Gasteiger partial charge on any atom is -0.309 e. The Morgan fingerprint density at radius 2 is 1.08 bits per heavy atom. The van der Waals surface area contributed by atoms with Gasteiger partial charge in [-0.25, -0.2) is 9.97 Å². The number of fused-ring (bicyclic) bond motifs is 4. The summed E-state index contributed by atoms with van der Waals surface area (Å²) in [6, 6.07) is 32.9. The van der Waals surface area contributed by atoms with Gasteiger partial charge in [-0.05, 0) is 113 Å². The fourth-order valence-corrected chi connectivity index (χ4v) is 6.92. The lowest BCUT2D eigenvalue weighted by Gasteiger charge is -2.15. The maximum absolute atomic E-state index is 13.8. The minimum absolute atomic E-state index is 0.410. The van der Waals surface area contributed by atoms with Crippen molar-refractivity contribution in [2.75, 3.05) is 0 Å². The smallest absolute Gasteiger partial charge is 0.309 e. The number of hydrogen-bond acceptors (Lipinski definition) is 2. The maximum atomic E-state index is 13.8. The highest BCUT2D eigenvalue weighted by Gasteiger charge is 2.32. The van der Waals surface area contributed by atoms with Gasteiger partial charge in [-0.2, -0.15) is 26.3 Å². The molecule has 0 atom stereocenters. The number of halogens is 6. The first-order valence-corrected chi connectivity index (χ1v) is 16.1. The maximum Gasteiger partial charge on any atom is 0.416 e. The predicted molar refractivity (Wildman–Crippen MR) is 190 cm³/mol. The van der Waals surface area contributed by atoms with E-state index in [0.29, 0.717) is 33.4 Å². The first kappa shape index (κ1) is 32.3. The van der Waals surface area contributed by atoms with Crippen LogP contribution >= 0.6 is 0 Å². The third-order valence-electron chi connectivity index (χ3n) is 9.20. The molecule has 51 heavy (non-hydrogen) atoms. The summed E-state index contributed by atoms with van der Waals surface area (Å²) in [6.45, 7) is 3.25. The molecular formula is C42H27F6N3. The van der Waals surface area contributed by atoms with E-state index in [2.05, 4.69) is 14.5 Å². The number of hydrogen-bond donors (Lipinski definition) is 0. The molecule has 8 rings (SSSR count). The molecule has 8 aromatic rings. The van der Waals surface area contributed by atoms with Crippen molar-refractivity contribution in [1.82, 2.24) is 14.5 Å². The standard InChI is InChI=1S/C42H27F6N3/c1-24-13-30(17-32(15-24)41(43,44)45)26-9-11-39-35(19-26)36-20-27(31-14-25(2)16-33(18-31)42(46,47)48)10-12-40(36)51(39)38-6-4-3-5-34(38)28-7-8-29-22-49-23-50-37(29)21-28/h3-23H,1-2H3. The van der Waals surface area contributed by atoms with Crippen LogP contribution in [0.2, 0.25) is 0 Å². The number of aromatic nitrogens is 3. The zero-order valence-electron chi connectivity index (χ0n) is 27.2. The van der Waals surface area contributed by atoms with Crippen LogP contribution in [-0.2, 0) is 12.4 Å². The van der Waals surface area contributed by atoms with Crippen LogP contribution in [0, 0.1) is 13.8 Å². The van der Waals surface area contributed by atoms with E-state index in [1.807, 2.05) is 66.7 Å². The van der Waals surface area contributed by atoms with E-state index in [9.17, 15) is 26.3 Å². The van der Waals surface area contributed by atoms with Gasteiger partial charge in [0.15, 0.2) is 0 Å². The Balaban J connectivity index is 1.40. The largest absolute Gasteiger partial charge is 0.416 e. The Morgan fingerprint density at radius 3 is 1.65 bits per heavy atom. The summed E-state index contributed by atoms with van der Waals surface area (Å²) < 4.78 is 85.1. The molecule has 0 aliphatic rings. The molecule has 0 bridgehead atoms. The van der Waals surface area contributed by atoms with Crippen LogP contribution in [-0.4, -0.2) is 14.5 Å². The Morgan fingerprint density at radius 1 is 0.529 bits per heavy atom. The SMILES string of the molecule is Cc1cc(-c2ccc3c(c2)c2cc(-c4cc(C)cc(C(F)(F)F)c4)ccc2n3-c2ccccc2-c2ccc3cncnc3c2)cc(C(F)(F)F)c1. The molecule has 0 spiro atoms. The van der Waals surface area contributed by atoms with Gasteiger partial charge in [0.05, 0.1) is 33.4 Å². The predicted octanol–water partition coefficient (Wildman–Crippen LogP) is 12.4. The fraction of sp³-hybridized carbons (Fsp3) is 0.0952. The summed E-state index contributed by atoms with van der Waals surface area (Å²) in [5.41, 5.74) is 6.46. The molecule has 2 heterocycles. The number of nitrogens with zero attached hydrogens (tertiary/aromatic N) is 3. The second-order valence-electron chi connectivity index (χ2n) is 12.8. The van der Waals surface area contributed by atoms with Crippen molar-refractivity contribution in [2.24, 2.45) is 0 Å². The van der Waals surface area contributed by atoms with Crippen molar-refractivity contribution >= 4 is 32.7 Å². The van der Waals surface area contributed by atoms with Gasteiger partial charge < -0.3 is 4.57 Å².